The minimum Gasteiger partial charge on any atom is -0.387 e. The fraction of sp³-hybridized carbons (Fsp3) is 0.667. The summed E-state index contributed by atoms with van der Waals surface area (Å²) >= 11 is 0. The summed E-state index contributed by atoms with van der Waals surface area (Å²) in [7, 11) is 0. The van der Waals surface area contributed by atoms with Crippen molar-refractivity contribution in [1.29, 1.82) is 0 Å². The number of carbonyl (C=O) groups excluding carboxylic acids is 1. The molecule has 136 valence electrons. The maximum atomic E-state index is 12.5. The summed E-state index contributed by atoms with van der Waals surface area (Å²) in [4.78, 5) is 16.9. The number of amides is 1. The molecule has 2 aliphatic heterocycles. The van der Waals surface area contributed by atoms with Gasteiger partial charge in [-0.1, -0.05) is 19.1 Å². The van der Waals surface area contributed by atoms with Gasteiger partial charge in [-0.15, -0.1) is 0 Å². The SMILES string of the molecule is CC1CCN(CC(O)c2ccc3c(c2)CCCN3C(=O)C2CC2)CC1. The zero-order valence-corrected chi connectivity index (χ0v) is 15.3. The van der Waals surface area contributed by atoms with E-state index in [-0.39, 0.29) is 5.92 Å². The number of carbonyl (C=O) groups is 1. The van der Waals surface area contributed by atoms with Crippen LogP contribution in [0.2, 0.25) is 0 Å². The number of aryl methyl sites for hydroxylation is 1. The highest BCUT2D eigenvalue weighted by molar-refractivity contribution is 5.97. The van der Waals surface area contributed by atoms with Crippen LogP contribution in [0, 0.1) is 11.8 Å². The second-order valence-electron chi connectivity index (χ2n) is 8.25. The van der Waals surface area contributed by atoms with E-state index >= 15 is 0 Å². The number of aliphatic hydroxyl groups is 1. The lowest BCUT2D eigenvalue weighted by molar-refractivity contribution is -0.119. The minimum absolute atomic E-state index is 0.262. The molecule has 1 saturated carbocycles. The van der Waals surface area contributed by atoms with Crippen molar-refractivity contribution in [2.45, 2.75) is 51.6 Å². The largest absolute Gasteiger partial charge is 0.387 e. The lowest BCUT2D eigenvalue weighted by Gasteiger charge is -2.33. The van der Waals surface area contributed by atoms with Gasteiger partial charge in [0.1, 0.15) is 0 Å². The van der Waals surface area contributed by atoms with Gasteiger partial charge >= 0.3 is 0 Å². The zero-order valence-electron chi connectivity index (χ0n) is 15.3. The monoisotopic (exact) mass is 342 g/mol. The summed E-state index contributed by atoms with van der Waals surface area (Å²) in [5, 5.41) is 10.7. The van der Waals surface area contributed by atoms with E-state index < -0.39 is 6.10 Å². The molecule has 1 amide bonds. The zero-order chi connectivity index (χ0) is 17.4. The normalized spacial score (nSPS) is 23.4. The molecule has 1 unspecified atom stereocenters. The number of hydrogen-bond donors (Lipinski definition) is 1. The van der Waals surface area contributed by atoms with Crippen LogP contribution in [-0.4, -0.2) is 42.1 Å². The van der Waals surface area contributed by atoms with Crippen molar-refractivity contribution in [2.24, 2.45) is 11.8 Å². The van der Waals surface area contributed by atoms with E-state index in [4.69, 9.17) is 0 Å². The molecule has 1 aromatic carbocycles. The predicted molar refractivity (Wildman–Crippen MR) is 99.6 cm³/mol. The van der Waals surface area contributed by atoms with Crippen LogP contribution in [-0.2, 0) is 11.2 Å². The number of anilines is 1. The molecule has 4 heteroatoms. The van der Waals surface area contributed by atoms with Crippen molar-refractivity contribution in [3.63, 3.8) is 0 Å². The molecule has 1 N–H and O–H groups in total. The van der Waals surface area contributed by atoms with E-state index in [1.165, 1.54) is 18.4 Å². The summed E-state index contributed by atoms with van der Waals surface area (Å²) in [6, 6.07) is 6.22. The van der Waals surface area contributed by atoms with Gasteiger partial charge in [0.25, 0.3) is 0 Å². The van der Waals surface area contributed by atoms with Crippen molar-refractivity contribution in [1.82, 2.24) is 4.90 Å². The summed E-state index contributed by atoms with van der Waals surface area (Å²) in [5.74, 6) is 1.38. The average Bonchev–Trinajstić information content (AvgIpc) is 3.47. The molecule has 0 spiro atoms. The highest BCUT2D eigenvalue weighted by Gasteiger charge is 2.35. The number of piperidine rings is 1. The van der Waals surface area contributed by atoms with Crippen LogP contribution in [0.5, 0.6) is 0 Å². The Balaban J connectivity index is 1.45. The van der Waals surface area contributed by atoms with E-state index in [9.17, 15) is 9.90 Å². The maximum Gasteiger partial charge on any atom is 0.230 e. The van der Waals surface area contributed by atoms with Gasteiger partial charge < -0.3 is 14.9 Å². The Morgan fingerprint density at radius 3 is 2.68 bits per heavy atom. The number of rotatable bonds is 4. The topological polar surface area (TPSA) is 43.8 Å². The Hall–Kier alpha value is -1.39. The van der Waals surface area contributed by atoms with E-state index in [1.807, 2.05) is 11.0 Å². The number of aliphatic hydroxyl groups excluding tert-OH is 1. The molecule has 2 fully saturated rings. The molecular formula is C21H30N2O2. The number of likely N-dealkylation sites (tertiary alicyclic amines) is 1. The van der Waals surface area contributed by atoms with Crippen molar-refractivity contribution in [2.75, 3.05) is 31.1 Å². The molecule has 3 aliphatic rings. The molecule has 4 nitrogen and oxygen atoms in total. The van der Waals surface area contributed by atoms with Gasteiger partial charge in [-0.25, -0.2) is 0 Å². The fourth-order valence-electron chi connectivity index (χ4n) is 4.20. The van der Waals surface area contributed by atoms with Crippen LogP contribution >= 0.6 is 0 Å². The number of benzene rings is 1. The Labute approximate surface area is 150 Å². The first kappa shape index (κ1) is 17.0. The van der Waals surface area contributed by atoms with Gasteiger partial charge in [0, 0.05) is 24.7 Å². The molecule has 0 bridgehead atoms. The highest BCUT2D eigenvalue weighted by Crippen LogP contribution is 2.36. The number of fused-ring (bicyclic) bond motifs is 1. The standard InChI is InChI=1S/C21H30N2O2/c1-15-8-11-22(12-9-15)14-20(24)18-6-7-19-17(13-18)3-2-10-23(19)21(25)16-4-5-16/h6-7,13,15-16,20,24H,2-5,8-12,14H2,1H3. The Kier molecular flexibility index (Phi) is 4.83. The van der Waals surface area contributed by atoms with Crippen LogP contribution < -0.4 is 4.90 Å². The third-order valence-corrected chi connectivity index (χ3v) is 6.11. The van der Waals surface area contributed by atoms with E-state index in [2.05, 4.69) is 24.0 Å². The van der Waals surface area contributed by atoms with Gasteiger partial charge in [0.05, 0.1) is 6.10 Å². The van der Waals surface area contributed by atoms with Crippen molar-refractivity contribution in [3.05, 3.63) is 29.3 Å². The Bertz CT molecular complexity index is 633. The first-order valence-electron chi connectivity index (χ1n) is 9.96. The summed E-state index contributed by atoms with van der Waals surface area (Å²) in [6.07, 6.45) is 6.16. The third kappa shape index (κ3) is 3.75. The second-order valence-corrected chi connectivity index (χ2v) is 8.25. The first-order chi connectivity index (χ1) is 12.1. The molecule has 4 rings (SSSR count). The van der Waals surface area contributed by atoms with Crippen LogP contribution in [0.15, 0.2) is 18.2 Å². The predicted octanol–water partition coefficient (Wildman–Crippen LogP) is 3.14. The Morgan fingerprint density at radius 2 is 1.96 bits per heavy atom. The molecule has 0 radical (unpaired) electrons. The van der Waals surface area contributed by atoms with Crippen molar-refractivity contribution >= 4 is 11.6 Å². The summed E-state index contributed by atoms with van der Waals surface area (Å²) < 4.78 is 0. The van der Waals surface area contributed by atoms with E-state index in [0.29, 0.717) is 5.91 Å². The summed E-state index contributed by atoms with van der Waals surface area (Å²) in [6.45, 7) is 6.05. The molecule has 1 aromatic rings. The van der Waals surface area contributed by atoms with Crippen LogP contribution in [0.25, 0.3) is 0 Å². The smallest absolute Gasteiger partial charge is 0.230 e. The lowest BCUT2D eigenvalue weighted by Crippen LogP contribution is -2.37. The number of β-amino-alcohol motifs (C(OH)–C–C–N with tert-alkyl or cyclic N) is 1. The highest BCUT2D eigenvalue weighted by atomic mass is 16.3. The van der Waals surface area contributed by atoms with Crippen LogP contribution in [0.1, 0.15) is 56.3 Å². The lowest BCUT2D eigenvalue weighted by atomic mass is 9.95. The fourth-order valence-corrected chi connectivity index (χ4v) is 4.20. The van der Waals surface area contributed by atoms with Gasteiger partial charge in [-0.2, -0.15) is 0 Å². The summed E-state index contributed by atoms with van der Waals surface area (Å²) in [5.41, 5.74) is 3.30. The van der Waals surface area contributed by atoms with Crippen molar-refractivity contribution in [3.8, 4) is 0 Å². The quantitative estimate of drug-likeness (QED) is 0.914. The van der Waals surface area contributed by atoms with Gasteiger partial charge in [0.2, 0.25) is 5.91 Å². The van der Waals surface area contributed by atoms with Crippen LogP contribution in [0.3, 0.4) is 0 Å². The molecule has 1 atom stereocenters. The molecule has 0 aromatic heterocycles. The third-order valence-electron chi connectivity index (χ3n) is 6.11. The number of nitrogens with zero attached hydrogens (tertiary/aromatic N) is 2. The van der Waals surface area contributed by atoms with Crippen LogP contribution in [0.4, 0.5) is 5.69 Å². The molecular weight excluding hydrogens is 312 g/mol. The van der Waals surface area contributed by atoms with Gasteiger partial charge in [0.15, 0.2) is 0 Å². The molecule has 1 saturated heterocycles. The minimum atomic E-state index is -0.437. The number of hydrogen-bond acceptors (Lipinski definition) is 3. The Morgan fingerprint density at radius 1 is 1.20 bits per heavy atom. The molecule has 25 heavy (non-hydrogen) atoms. The first-order valence-corrected chi connectivity index (χ1v) is 9.96. The van der Waals surface area contributed by atoms with Gasteiger partial charge in [-0.05, 0) is 74.7 Å². The van der Waals surface area contributed by atoms with E-state index in [0.717, 1.165) is 69.0 Å². The second kappa shape index (κ2) is 7.08. The van der Waals surface area contributed by atoms with E-state index in [1.54, 1.807) is 0 Å². The molecule has 2 heterocycles. The van der Waals surface area contributed by atoms with Gasteiger partial charge in [-0.3, -0.25) is 4.79 Å². The molecule has 1 aliphatic carbocycles. The average molecular weight is 342 g/mol. The van der Waals surface area contributed by atoms with Crippen molar-refractivity contribution < 1.29 is 9.90 Å². The maximum absolute atomic E-state index is 12.5.